The van der Waals surface area contributed by atoms with Crippen LogP contribution in [0.15, 0.2) is 70.6 Å². The second-order valence-electron chi connectivity index (χ2n) is 8.08. The number of phenols is 1. The van der Waals surface area contributed by atoms with Crippen LogP contribution < -0.4 is 5.73 Å². The predicted molar refractivity (Wildman–Crippen MR) is 126 cm³/mol. The van der Waals surface area contributed by atoms with Crippen molar-refractivity contribution in [2.45, 2.75) is 36.1 Å². The Hall–Kier alpha value is -3.62. The summed E-state index contributed by atoms with van der Waals surface area (Å²) in [5.74, 6) is -1.02. The van der Waals surface area contributed by atoms with Crippen molar-refractivity contribution in [2.24, 2.45) is 5.73 Å². The Labute approximate surface area is 191 Å². The Kier molecular flexibility index (Phi) is 5.73. The normalized spacial score (nSPS) is 12.7. The van der Waals surface area contributed by atoms with E-state index in [-0.39, 0.29) is 22.0 Å². The first-order chi connectivity index (χ1) is 15.6. The van der Waals surface area contributed by atoms with E-state index in [4.69, 9.17) is 5.73 Å². The van der Waals surface area contributed by atoms with E-state index in [1.54, 1.807) is 62.4 Å². The van der Waals surface area contributed by atoms with E-state index in [1.165, 1.54) is 6.20 Å². The molecule has 0 saturated heterocycles. The molecular weight excluding hydrogens is 440 g/mol. The molecule has 1 aromatic heterocycles. The number of nitrogens with two attached hydrogens (primary N) is 1. The van der Waals surface area contributed by atoms with Gasteiger partial charge in [0, 0.05) is 17.1 Å². The van der Waals surface area contributed by atoms with E-state index in [0.29, 0.717) is 38.7 Å². The molecule has 4 rings (SSSR count). The molecule has 3 aromatic carbocycles. The van der Waals surface area contributed by atoms with Gasteiger partial charge in [-0.05, 0) is 72.4 Å². The molecule has 0 spiro atoms. The molecule has 1 heterocycles. The summed E-state index contributed by atoms with van der Waals surface area (Å²) in [5, 5.41) is 20.4. The molecule has 0 aliphatic carbocycles. The fraction of sp³-hybridized carbons (Fsp3) is 0.160. The van der Waals surface area contributed by atoms with E-state index >= 15 is 0 Å². The highest BCUT2D eigenvalue weighted by atomic mass is 32.2. The number of aliphatic carboxylic acids is 1. The molecule has 0 aliphatic rings. The largest absolute Gasteiger partial charge is 0.507 e. The zero-order chi connectivity index (χ0) is 23.9. The van der Waals surface area contributed by atoms with Gasteiger partial charge in [0.1, 0.15) is 11.8 Å². The number of benzene rings is 3. The number of carboxylic acid groups (broad SMARTS) is 1. The second kappa shape index (κ2) is 8.38. The second-order valence-corrected chi connectivity index (χ2v) is 10.00. The molecule has 33 heavy (non-hydrogen) atoms. The number of carboxylic acids is 1. The van der Waals surface area contributed by atoms with Gasteiger partial charge in [-0.3, -0.25) is 4.79 Å². The molecule has 0 saturated carbocycles. The third kappa shape index (κ3) is 3.99. The van der Waals surface area contributed by atoms with Gasteiger partial charge in [0.05, 0.1) is 9.79 Å². The maximum Gasteiger partial charge on any atom is 0.320 e. The molecule has 5 N–H and O–H groups in total. The molecule has 0 unspecified atom stereocenters. The van der Waals surface area contributed by atoms with Crippen molar-refractivity contribution in [3.05, 3.63) is 77.5 Å². The zero-order valence-electron chi connectivity index (χ0n) is 18.2. The third-order valence-electron chi connectivity index (χ3n) is 5.85. The topological polar surface area (TPSA) is 133 Å². The van der Waals surface area contributed by atoms with Crippen molar-refractivity contribution in [3.63, 3.8) is 0 Å². The van der Waals surface area contributed by atoms with Crippen LogP contribution in [0.2, 0.25) is 0 Å². The van der Waals surface area contributed by atoms with Gasteiger partial charge in [-0.1, -0.05) is 30.3 Å². The predicted octanol–water partition coefficient (Wildman–Crippen LogP) is 3.94. The van der Waals surface area contributed by atoms with Gasteiger partial charge in [-0.25, -0.2) is 8.42 Å². The first-order valence-electron chi connectivity index (χ1n) is 10.3. The number of aryl methyl sites for hydroxylation is 1. The number of aromatic nitrogens is 1. The summed E-state index contributed by atoms with van der Waals surface area (Å²) in [5.41, 5.74) is 9.60. The Bertz CT molecular complexity index is 1470. The Balaban J connectivity index is 1.93. The number of sulfone groups is 1. The first kappa shape index (κ1) is 22.6. The lowest BCUT2D eigenvalue weighted by Crippen LogP contribution is -2.32. The molecule has 0 fully saturated rings. The van der Waals surface area contributed by atoms with Crippen molar-refractivity contribution in [3.8, 4) is 16.9 Å². The van der Waals surface area contributed by atoms with Gasteiger partial charge in [0.2, 0.25) is 9.84 Å². The van der Waals surface area contributed by atoms with Crippen LogP contribution in [0.25, 0.3) is 22.0 Å². The number of nitrogens with one attached hydrogen (secondary N) is 1. The minimum absolute atomic E-state index is 0.0625. The molecule has 0 amide bonds. The minimum atomic E-state index is -3.76. The summed E-state index contributed by atoms with van der Waals surface area (Å²) >= 11 is 0. The lowest BCUT2D eigenvalue weighted by molar-refractivity contribution is -0.138. The van der Waals surface area contributed by atoms with E-state index in [2.05, 4.69) is 4.98 Å². The first-order valence-corrected chi connectivity index (χ1v) is 11.8. The molecule has 0 radical (unpaired) electrons. The van der Waals surface area contributed by atoms with Gasteiger partial charge in [-0.2, -0.15) is 0 Å². The van der Waals surface area contributed by atoms with E-state index in [1.807, 2.05) is 6.07 Å². The summed E-state index contributed by atoms with van der Waals surface area (Å²) in [6, 6.07) is 14.1. The average molecular weight is 465 g/mol. The van der Waals surface area contributed by atoms with Crippen molar-refractivity contribution in [1.29, 1.82) is 0 Å². The molecule has 1 atom stereocenters. The highest BCUT2D eigenvalue weighted by Crippen LogP contribution is 2.38. The highest BCUT2D eigenvalue weighted by Gasteiger charge is 2.24. The number of aromatic amines is 1. The van der Waals surface area contributed by atoms with Crippen molar-refractivity contribution in [2.75, 3.05) is 0 Å². The maximum absolute atomic E-state index is 13.3. The van der Waals surface area contributed by atoms with Crippen LogP contribution >= 0.6 is 0 Å². The van der Waals surface area contributed by atoms with Crippen LogP contribution in [0.5, 0.6) is 5.75 Å². The number of aromatic hydroxyl groups is 1. The zero-order valence-corrected chi connectivity index (χ0v) is 19.0. The Morgan fingerprint density at radius 1 is 1.09 bits per heavy atom. The number of fused-ring (bicyclic) bond motifs is 1. The number of H-pyrrole nitrogens is 1. The quantitative estimate of drug-likeness (QED) is 0.341. The van der Waals surface area contributed by atoms with E-state index < -0.39 is 21.8 Å². The summed E-state index contributed by atoms with van der Waals surface area (Å²) in [6.07, 6.45) is 1.53. The summed E-state index contributed by atoms with van der Waals surface area (Å²) in [4.78, 5) is 14.7. The Morgan fingerprint density at radius 2 is 1.79 bits per heavy atom. The van der Waals surface area contributed by atoms with Gasteiger partial charge < -0.3 is 20.9 Å². The standard InChI is InChI=1S/C25H24N2O5S/c1-14-10-17(12-20(26)25(29)30)23(15(2)24(14)28)16-8-9-21-19(11-16)22(13-27-21)33(31,32)18-6-4-3-5-7-18/h3-11,13,20,27-28H,12,26H2,1-2H3,(H,29,30)/t20-/m0/s1. The number of hydrogen-bond donors (Lipinski definition) is 4. The number of hydrogen-bond acceptors (Lipinski definition) is 5. The van der Waals surface area contributed by atoms with Crippen molar-refractivity contribution >= 4 is 26.7 Å². The summed E-state index contributed by atoms with van der Waals surface area (Å²) in [7, 11) is -3.76. The fourth-order valence-corrected chi connectivity index (χ4v) is 5.59. The van der Waals surface area contributed by atoms with Crippen LogP contribution in [-0.4, -0.2) is 35.6 Å². The van der Waals surface area contributed by atoms with Crippen LogP contribution in [0.4, 0.5) is 0 Å². The van der Waals surface area contributed by atoms with Gasteiger partial charge >= 0.3 is 5.97 Å². The number of carbonyl (C=O) groups is 1. The number of phenolic OH excluding ortho intramolecular Hbond substituents is 1. The Morgan fingerprint density at radius 3 is 2.45 bits per heavy atom. The highest BCUT2D eigenvalue weighted by molar-refractivity contribution is 7.91. The molecule has 4 aromatic rings. The maximum atomic E-state index is 13.3. The van der Waals surface area contributed by atoms with Crippen LogP contribution in [-0.2, 0) is 21.1 Å². The smallest absolute Gasteiger partial charge is 0.320 e. The van der Waals surface area contributed by atoms with Gasteiger partial charge in [-0.15, -0.1) is 0 Å². The third-order valence-corrected chi connectivity index (χ3v) is 7.66. The van der Waals surface area contributed by atoms with Gasteiger partial charge in [0.25, 0.3) is 0 Å². The van der Waals surface area contributed by atoms with Crippen molar-refractivity contribution in [1.82, 2.24) is 4.98 Å². The monoisotopic (exact) mass is 464 g/mol. The van der Waals surface area contributed by atoms with Crippen LogP contribution in [0, 0.1) is 13.8 Å². The molecule has 0 aliphatic heterocycles. The summed E-state index contributed by atoms with van der Waals surface area (Å²) in [6.45, 7) is 3.48. The van der Waals surface area contributed by atoms with Crippen molar-refractivity contribution < 1.29 is 23.4 Å². The van der Waals surface area contributed by atoms with Crippen LogP contribution in [0.1, 0.15) is 16.7 Å². The fourth-order valence-electron chi connectivity index (χ4n) is 4.14. The lowest BCUT2D eigenvalue weighted by Gasteiger charge is -2.18. The molecular formula is C25H24N2O5S. The number of rotatable bonds is 6. The molecule has 170 valence electrons. The molecule has 7 nitrogen and oxygen atoms in total. The average Bonchev–Trinajstić information content (AvgIpc) is 3.22. The minimum Gasteiger partial charge on any atom is -0.507 e. The van der Waals surface area contributed by atoms with Gasteiger partial charge in [0.15, 0.2) is 0 Å². The van der Waals surface area contributed by atoms with E-state index in [0.717, 1.165) is 0 Å². The molecule has 8 heteroatoms. The molecule has 0 bridgehead atoms. The van der Waals surface area contributed by atoms with E-state index in [9.17, 15) is 23.4 Å². The lowest BCUT2D eigenvalue weighted by atomic mass is 9.89. The summed E-state index contributed by atoms with van der Waals surface area (Å²) < 4.78 is 26.5. The van der Waals surface area contributed by atoms with Crippen LogP contribution in [0.3, 0.4) is 0 Å². The SMILES string of the molecule is Cc1cc(C[C@H](N)C(=O)O)c(-c2ccc3[nH]cc(S(=O)(=O)c4ccccc4)c3c2)c(C)c1O.